The minimum absolute atomic E-state index is 0.0620. The van der Waals surface area contributed by atoms with Crippen molar-refractivity contribution in [2.45, 2.75) is 26.1 Å². The molecule has 1 aromatic heterocycles. The topological polar surface area (TPSA) is 55.7 Å². The summed E-state index contributed by atoms with van der Waals surface area (Å²) in [7, 11) is 1.54. The standard InChI is InChI=1S/C17H18F3N3O2/c1-11(2)25-16-12(5-4-6-14(16)24-3)9-22-23-15-8-7-13(10-21-15)17(18,19)20/h4-11H,1-3H3,(H,21,23)/b22-9+. The second-order valence-corrected chi connectivity index (χ2v) is 5.35. The number of aromatic nitrogens is 1. The number of pyridine rings is 1. The molecule has 0 amide bonds. The minimum Gasteiger partial charge on any atom is -0.493 e. The third-order valence-corrected chi connectivity index (χ3v) is 3.06. The van der Waals surface area contributed by atoms with Crippen LogP contribution in [0, 0.1) is 0 Å². The molecule has 0 bridgehead atoms. The highest BCUT2D eigenvalue weighted by molar-refractivity contribution is 5.85. The summed E-state index contributed by atoms with van der Waals surface area (Å²) in [5, 5.41) is 3.99. The van der Waals surface area contributed by atoms with Gasteiger partial charge in [-0.15, -0.1) is 0 Å². The van der Waals surface area contributed by atoms with Gasteiger partial charge in [0.05, 0.1) is 25.0 Å². The van der Waals surface area contributed by atoms with Crippen molar-refractivity contribution in [1.82, 2.24) is 4.98 Å². The lowest BCUT2D eigenvalue weighted by Crippen LogP contribution is -2.09. The maximum Gasteiger partial charge on any atom is 0.417 e. The Morgan fingerprint density at radius 3 is 2.52 bits per heavy atom. The summed E-state index contributed by atoms with van der Waals surface area (Å²) in [6.07, 6.45) is -2.25. The molecule has 1 aromatic carbocycles. The third-order valence-electron chi connectivity index (χ3n) is 3.06. The van der Waals surface area contributed by atoms with Crippen molar-refractivity contribution in [2.24, 2.45) is 5.10 Å². The smallest absolute Gasteiger partial charge is 0.417 e. The molecule has 0 aliphatic rings. The number of hydrazone groups is 1. The predicted octanol–water partition coefficient (Wildman–Crippen LogP) is 4.34. The first-order valence-corrected chi connectivity index (χ1v) is 7.47. The molecule has 0 atom stereocenters. The molecule has 0 spiro atoms. The van der Waals surface area contributed by atoms with Crippen LogP contribution >= 0.6 is 0 Å². The van der Waals surface area contributed by atoms with E-state index in [1.807, 2.05) is 13.8 Å². The summed E-state index contributed by atoms with van der Waals surface area (Å²) in [6.45, 7) is 3.77. The Kier molecular flexibility index (Phi) is 5.84. The molecule has 134 valence electrons. The number of hydrogen-bond acceptors (Lipinski definition) is 5. The van der Waals surface area contributed by atoms with Gasteiger partial charge in [0.2, 0.25) is 0 Å². The van der Waals surface area contributed by atoms with Crippen molar-refractivity contribution in [1.29, 1.82) is 0 Å². The molecule has 1 heterocycles. The van der Waals surface area contributed by atoms with E-state index in [2.05, 4.69) is 15.5 Å². The SMILES string of the molecule is COc1cccc(/C=N/Nc2ccc(C(F)(F)F)cn2)c1OC(C)C. The number of anilines is 1. The first-order chi connectivity index (χ1) is 11.8. The molecule has 0 aliphatic carbocycles. The molecule has 5 nitrogen and oxygen atoms in total. The van der Waals surface area contributed by atoms with Gasteiger partial charge in [0.25, 0.3) is 0 Å². The van der Waals surface area contributed by atoms with Gasteiger partial charge in [0.15, 0.2) is 11.5 Å². The Labute approximate surface area is 143 Å². The van der Waals surface area contributed by atoms with Gasteiger partial charge in [0, 0.05) is 11.8 Å². The van der Waals surface area contributed by atoms with Gasteiger partial charge in [0.1, 0.15) is 5.82 Å². The van der Waals surface area contributed by atoms with E-state index >= 15 is 0 Å². The van der Waals surface area contributed by atoms with Gasteiger partial charge < -0.3 is 9.47 Å². The molecule has 0 fully saturated rings. The van der Waals surface area contributed by atoms with Crippen LogP contribution in [0.5, 0.6) is 11.5 Å². The first kappa shape index (κ1) is 18.6. The molecule has 0 aliphatic heterocycles. The van der Waals surface area contributed by atoms with E-state index in [9.17, 15) is 13.2 Å². The zero-order chi connectivity index (χ0) is 18.4. The van der Waals surface area contributed by atoms with Crippen LogP contribution < -0.4 is 14.9 Å². The summed E-state index contributed by atoms with van der Waals surface area (Å²) in [6, 6.07) is 7.47. The average Bonchev–Trinajstić information content (AvgIpc) is 2.55. The number of para-hydroxylation sites is 1. The Morgan fingerprint density at radius 2 is 1.96 bits per heavy atom. The zero-order valence-electron chi connectivity index (χ0n) is 14.0. The van der Waals surface area contributed by atoms with Gasteiger partial charge in [-0.3, -0.25) is 5.43 Å². The van der Waals surface area contributed by atoms with E-state index in [1.54, 1.807) is 18.2 Å². The number of ether oxygens (including phenoxy) is 2. The summed E-state index contributed by atoms with van der Waals surface area (Å²) in [5.41, 5.74) is 2.43. The van der Waals surface area contributed by atoms with Gasteiger partial charge in [-0.1, -0.05) is 6.07 Å². The van der Waals surface area contributed by atoms with E-state index in [1.165, 1.54) is 19.4 Å². The van der Waals surface area contributed by atoms with Crippen LogP contribution in [0.3, 0.4) is 0 Å². The quantitative estimate of drug-likeness (QED) is 0.620. The number of nitrogens with one attached hydrogen (secondary N) is 1. The van der Waals surface area contributed by atoms with Crippen LogP contribution in [0.2, 0.25) is 0 Å². The van der Waals surface area contributed by atoms with Crippen LogP contribution in [0.15, 0.2) is 41.6 Å². The van der Waals surface area contributed by atoms with Crippen molar-refractivity contribution in [2.75, 3.05) is 12.5 Å². The number of halogens is 3. The van der Waals surface area contributed by atoms with Gasteiger partial charge in [-0.25, -0.2) is 4.98 Å². The van der Waals surface area contributed by atoms with E-state index in [0.29, 0.717) is 17.1 Å². The molecule has 0 radical (unpaired) electrons. The highest BCUT2D eigenvalue weighted by atomic mass is 19.4. The molecule has 1 N–H and O–H groups in total. The number of methoxy groups -OCH3 is 1. The first-order valence-electron chi connectivity index (χ1n) is 7.47. The van der Waals surface area contributed by atoms with E-state index in [4.69, 9.17) is 9.47 Å². The van der Waals surface area contributed by atoms with E-state index in [0.717, 1.165) is 12.3 Å². The number of rotatable bonds is 6. The third kappa shape index (κ3) is 5.10. The fourth-order valence-electron chi connectivity index (χ4n) is 1.95. The monoisotopic (exact) mass is 353 g/mol. The highest BCUT2D eigenvalue weighted by Gasteiger charge is 2.30. The summed E-state index contributed by atoms with van der Waals surface area (Å²) in [4.78, 5) is 3.68. The van der Waals surface area contributed by atoms with Gasteiger partial charge in [-0.05, 0) is 38.1 Å². The van der Waals surface area contributed by atoms with Gasteiger partial charge in [-0.2, -0.15) is 18.3 Å². The number of hydrogen-bond donors (Lipinski definition) is 1. The van der Waals surface area contributed by atoms with Crippen LogP contribution in [-0.4, -0.2) is 24.4 Å². The fourth-order valence-corrected chi connectivity index (χ4v) is 1.95. The largest absolute Gasteiger partial charge is 0.493 e. The van der Waals surface area contributed by atoms with E-state index < -0.39 is 11.7 Å². The Morgan fingerprint density at radius 1 is 1.20 bits per heavy atom. The molecular weight excluding hydrogens is 335 g/mol. The number of alkyl halides is 3. The second kappa shape index (κ2) is 7.87. The number of benzene rings is 1. The molecule has 8 heteroatoms. The predicted molar refractivity (Wildman–Crippen MR) is 89.2 cm³/mol. The average molecular weight is 353 g/mol. The van der Waals surface area contributed by atoms with Crippen LogP contribution in [0.25, 0.3) is 0 Å². The molecule has 0 saturated carbocycles. The Balaban J connectivity index is 2.14. The number of nitrogens with zero attached hydrogens (tertiary/aromatic N) is 2. The normalized spacial score (nSPS) is 11.8. The maximum absolute atomic E-state index is 12.5. The van der Waals surface area contributed by atoms with E-state index in [-0.39, 0.29) is 11.9 Å². The Hall–Kier alpha value is -2.77. The molecule has 2 aromatic rings. The van der Waals surface area contributed by atoms with Crippen LogP contribution in [0.4, 0.5) is 19.0 Å². The lowest BCUT2D eigenvalue weighted by Gasteiger charge is -2.15. The molecule has 0 unspecified atom stereocenters. The van der Waals surface area contributed by atoms with Gasteiger partial charge >= 0.3 is 6.18 Å². The molecular formula is C17H18F3N3O2. The lowest BCUT2D eigenvalue weighted by atomic mass is 10.2. The summed E-state index contributed by atoms with van der Waals surface area (Å²) < 4.78 is 48.5. The highest BCUT2D eigenvalue weighted by Crippen LogP contribution is 2.31. The Bertz CT molecular complexity index is 729. The second-order valence-electron chi connectivity index (χ2n) is 5.35. The lowest BCUT2D eigenvalue weighted by molar-refractivity contribution is -0.137. The minimum atomic E-state index is -4.42. The van der Waals surface area contributed by atoms with Crippen molar-refractivity contribution in [3.8, 4) is 11.5 Å². The molecule has 0 saturated heterocycles. The fraction of sp³-hybridized carbons (Fsp3) is 0.294. The maximum atomic E-state index is 12.5. The zero-order valence-corrected chi connectivity index (χ0v) is 14.0. The van der Waals surface area contributed by atoms with Crippen molar-refractivity contribution in [3.05, 3.63) is 47.7 Å². The summed E-state index contributed by atoms with van der Waals surface area (Å²) in [5.74, 6) is 1.29. The summed E-state index contributed by atoms with van der Waals surface area (Å²) >= 11 is 0. The van der Waals surface area contributed by atoms with Crippen molar-refractivity contribution in [3.63, 3.8) is 0 Å². The molecule has 2 rings (SSSR count). The van der Waals surface area contributed by atoms with Crippen LogP contribution in [-0.2, 0) is 6.18 Å². The van der Waals surface area contributed by atoms with Crippen molar-refractivity contribution >= 4 is 12.0 Å². The van der Waals surface area contributed by atoms with Crippen molar-refractivity contribution < 1.29 is 22.6 Å². The van der Waals surface area contributed by atoms with Crippen LogP contribution in [0.1, 0.15) is 25.0 Å². The molecule has 25 heavy (non-hydrogen) atoms.